The Bertz CT molecular complexity index is 963. The molecule has 148 valence electrons. The number of ether oxygens (including phenoxy) is 1. The van der Waals surface area contributed by atoms with Crippen LogP contribution in [0, 0.1) is 5.92 Å². The van der Waals surface area contributed by atoms with Gasteiger partial charge in [0.05, 0.1) is 19.0 Å². The van der Waals surface area contributed by atoms with E-state index in [9.17, 15) is 10.2 Å². The second-order valence-electron chi connectivity index (χ2n) is 7.92. The van der Waals surface area contributed by atoms with Crippen LogP contribution in [0.1, 0.15) is 43.2 Å². The summed E-state index contributed by atoms with van der Waals surface area (Å²) in [4.78, 5) is 11.8. The molecule has 0 bridgehead atoms. The molecule has 0 unspecified atom stereocenters. The zero-order valence-corrected chi connectivity index (χ0v) is 16.5. The second kappa shape index (κ2) is 7.55. The lowest BCUT2D eigenvalue weighted by Crippen LogP contribution is -2.24. The summed E-state index contributed by atoms with van der Waals surface area (Å²) < 4.78 is 7.65. The lowest BCUT2D eigenvalue weighted by Gasteiger charge is -2.13. The Balaban J connectivity index is 1.43. The number of aliphatic hydroxyl groups excluding tert-OH is 2. The molecule has 0 amide bonds. The van der Waals surface area contributed by atoms with Gasteiger partial charge in [-0.25, -0.2) is 9.97 Å². The minimum atomic E-state index is -0.675. The third kappa shape index (κ3) is 3.26. The van der Waals surface area contributed by atoms with Crippen molar-refractivity contribution in [3.63, 3.8) is 0 Å². The van der Waals surface area contributed by atoms with Crippen LogP contribution in [-0.2, 0) is 11.2 Å². The molecular weight excluding hydrogens is 374 g/mol. The molecular formula is C21H25N3O3S. The average Bonchev–Trinajstić information content (AvgIpc) is 3.48. The number of rotatable bonds is 5. The Morgan fingerprint density at radius 3 is 2.82 bits per heavy atom. The van der Waals surface area contributed by atoms with Crippen molar-refractivity contribution in [2.24, 2.45) is 5.92 Å². The lowest BCUT2D eigenvalue weighted by atomic mass is 10.0. The lowest BCUT2D eigenvalue weighted by molar-refractivity contribution is -0.0432. The molecule has 5 rings (SSSR count). The van der Waals surface area contributed by atoms with Gasteiger partial charge in [0.1, 0.15) is 17.8 Å². The Morgan fingerprint density at radius 2 is 2.04 bits per heavy atom. The van der Waals surface area contributed by atoms with Crippen LogP contribution in [0.15, 0.2) is 30.7 Å². The van der Waals surface area contributed by atoms with Crippen molar-refractivity contribution in [2.75, 3.05) is 6.61 Å². The molecule has 0 radical (unpaired) electrons. The Labute approximate surface area is 167 Å². The third-order valence-electron chi connectivity index (χ3n) is 6.05. The van der Waals surface area contributed by atoms with Crippen molar-refractivity contribution in [1.29, 1.82) is 0 Å². The number of thiophene rings is 1. The molecule has 6 nitrogen and oxygen atoms in total. The first-order valence-electron chi connectivity index (χ1n) is 10.1. The molecule has 28 heavy (non-hydrogen) atoms. The van der Waals surface area contributed by atoms with E-state index in [1.165, 1.54) is 41.9 Å². The molecule has 3 aromatic rings. The van der Waals surface area contributed by atoms with Crippen LogP contribution in [0.3, 0.4) is 0 Å². The highest BCUT2D eigenvalue weighted by Gasteiger charge is 2.35. The first-order valence-corrected chi connectivity index (χ1v) is 10.9. The van der Waals surface area contributed by atoms with E-state index in [4.69, 9.17) is 4.74 Å². The normalized spacial score (nSPS) is 25.9. The number of hydrogen-bond acceptors (Lipinski definition) is 6. The van der Waals surface area contributed by atoms with Crippen molar-refractivity contribution in [2.45, 2.75) is 57.0 Å². The number of imidazole rings is 1. The standard InChI is InChI=1S/C21H25N3O3S/c25-11-17-16(26)10-19(27-17)24-12-23-20-15(7-8-22-21(20)24)18-6-5-14(28-18)9-13-3-1-2-4-13/h5-8,12-13,16-17,19,25-26H,1-4,9-11H2/t16-,17-,19-/m1/s1. The smallest absolute Gasteiger partial charge is 0.162 e. The van der Waals surface area contributed by atoms with Gasteiger partial charge in [-0.2, -0.15) is 0 Å². The summed E-state index contributed by atoms with van der Waals surface area (Å²) in [5, 5.41) is 19.4. The Hall–Kier alpha value is -1.80. The first-order chi connectivity index (χ1) is 13.7. The zero-order chi connectivity index (χ0) is 19.1. The number of pyridine rings is 1. The largest absolute Gasteiger partial charge is 0.394 e. The first kappa shape index (κ1) is 18.2. The van der Waals surface area contributed by atoms with Crippen LogP contribution in [-0.4, -0.2) is 43.6 Å². The summed E-state index contributed by atoms with van der Waals surface area (Å²) in [6.07, 6.45) is 9.02. The fourth-order valence-electron chi connectivity index (χ4n) is 4.52. The van der Waals surface area contributed by atoms with Crippen LogP contribution in [0.25, 0.3) is 21.6 Å². The number of fused-ring (bicyclic) bond motifs is 1. The SMILES string of the molecule is OC[C@H]1O[C@@H](n2cnc3c(-c4ccc(CC5CCCC5)s4)ccnc32)C[C@H]1O. The number of hydrogen-bond donors (Lipinski definition) is 2. The van der Waals surface area contributed by atoms with Gasteiger partial charge < -0.3 is 14.9 Å². The molecule has 2 N–H and O–H groups in total. The van der Waals surface area contributed by atoms with E-state index in [-0.39, 0.29) is 12.8 Å². The zero-order valence-electron chi connectivity index (χ0n) is 15.7. The van der Waals surface area contributed by atoms with E-state index in [0.717, 1.165) is 22.6 Å². The summed E-state index contributed by atoms with van der Waals surface area (Å²) in [6.45, 7) is -0.193. The van der Waals surface area contributed by atoms with Crippen molar-refractivity contribution in [3.8, 4) is 10.4 Å². The number of aliphatic hydroxyl groups is 2. The van der Waals surface area contributed by atoms with Crippen molar-refractivity contribution >= 4 is 22.5 Å². The summed E-state index contributed by atoms with van der Waals surface area (Å²) in [5.74, 6) is 0.841. The van der Waals surface area contributed by atoms with Crippen LogP contribution in [0.5, 0.6) is 0 Å². The summed E-state index contributed by atoms with van der Waals surface area (Å²) in [7, 11) is 0. The van der Waals surface area contributed by atoms with Gasteiger partial charge in [-0.15, -0.1) is 11.3 Å². The van der Waals surface area contributed by atoms with Crippen LogP contribution >= 0.6 is 11.3 Å². The van der Waals surface area contributed by atoms with Gasteiger partial charge in [0.25, 0.3) is 0 Å². The molecule has 1 saturated carbocycles. The highest BCUT2D eigenvalue weighted by Crippen LogP contribution is 2.37. The minimum absolute atomic E-state index is 0.193. The fraction of sp³-hybridized carbons (Fsp3) is 0.524. The topological polar surface area (TPSA) is 80.4 Å². The van der Waals surface area contributed by atoms with Crippen LogP contribution < -0.4 is 0 Å². The molecule has 0 spiro atoms. The Morgan fingerprint density at radius 1 is 1.18 bits per heavy atom. The highest BCUT2D eigenvalue weighted by atomic mass is 32.1. The van der Waals surface area contributed by atoms with E-state index < -0.39 is 12.2 Å². The maximum absolute atomic E-state index is 10.0. The quantitative estimate of drug-likeness (QED) is 0.686. The number of aromatic nitrogens is 3. The highest BCUT2D eigenvalue weighted by molar-refractivity contribution is 7.15. The Kier molecular flexibility index (Phi) is 4.92. The van der Waals surface area contributed by atoms with E-state index in [2.05, 4.69) is 22.1 Å². The summed E-state index contributed by atoms with van der Waals surface area (Å²) >= 11 is 1.85. The molecule has 1 aliphatic carbocycles. The third-order valence-corrected chi connectivity index (χ3v) is 7.19. The molecule has 3 aromatic heterocycles. The van der Waals surface area contributed by atoms with Crippen molar-refractivity contribution < 1.29 is 14.9 Å². The molecule has 7 heteroatoms. The van der Waals surface area contributed by atoms with Crippen molar-refractivity contribution in [1.82, 2.24) is 14.5 Å². The van der Waals surface area contributed by atoms with E-state index >= 15 is 0 Å². The molecule has 1 saturated heterocycles. The molecule has 2 fully saturated rings. The van der Waals surface area contributed by atoms with Crippen LogP contribution in [0.4, 0.5) is 0 Å². The molecule has 4 heterocycles. The van der Waals surface area contributed by atoms with E-state index in [1.807, 2.05) is 22.0 Å². The predicted molar refractivity (Wildman–Crippen MR) is 108 cm³/mol. The van der Waals surface area contributed by atoms with Gasteiger partial charge in [-0.3, -0.25) is 4.57 Å². The van der Waals surface area contributed by atoms with Gasteiger partial charge >= 0.3 is 0 Å². The summed E-state index contributed by atoms with van der Waals surface area (Å²) in [5.41, 5.74) is 2.69. The average molecular weight is 400 g/mol. The predicted octanol–water partition coefficient (Wildman–Crippen LogP) is 3.53. The van der Waals surface area contributed by atoms with E-state index in [0.29, 0.717) is 6.42 Å². The van der Waals surface area contributed by atoms with E-state index in [1.54, 1.807) is 12.5 Å². The maximum Gasteiger partial charge on any atom is 0.162 e. The van der Waals surface area contributed by atoms with Gasteiger partial charge in [0, 0.05) is 27.9 Å². The second-order valence-corrected chi connectivity index (χ2v) is 9.09. The van der Waals surface area contributed by atoms with Gasteiger partial charge in [0.15, 0.2) is 5.65 Å². The van der Waals surface area contributed by atoms with Gasteiger partial charge in [0.2, 0.25) is 0 Å². The van der Waals surface area contributed by atoms with Crippen molar-refractivity contribution in [3.05, 3.63) is 35.6 Å². The molecule has 0 aromatic carbocycles. The van der Waals surface area contributed by atoms with Gasteiger partial charge in [-0.1, -0.05) is 25.7 Å². The maximum atomic E-state index is 10.0. The van der Waals surface area contributed by atoms with Gasteiger partial charge in [-0.05, 0) is 30.5 Å². The number of nitrogens with zero attached hydrogens (tertiary/aromatic N) is 3. The fourth-order valence-corrected chi connectivity index (χ4v) is 5.67. The molecule has 2 aliphatic rings. The molecule has 3 atom stereocenters. The molecule has 1 aliphatic heterocycles. The monoisotopic (exact) mass is 399 g/mol. The summed E-state index contributed by atoms with van der Waals surface area (Å²) in [6, 6.07) is 6.47. The van der Waals surface area contributed by atoms with Crippen LogP contribution in [0.2, 0.25) is 0 Å². The minimum Gasteiger partial charge on any atom is -0.394 e.